The molecule has 0 saturated carbocycles. The third kappa shape index (κ3) is 3.30. The van der Waals surface area contributed by atoms with Gasteiger partial charge in [0.05, 0.1) is 5.60 Å². The zero-order valence-corrected chi connectivity index (χ0v) is 11.5. The van der Waals surface area contributed by atoms with E-state index in [1.807, 2.05) is 14.2 Å². The van der Waals surface area contributed by atoms with E-state index < -0.39 is 0 Å². The summed E-state index contributed by atoms with van der Waals surface area (Å²) >= 11 is 0. The van der Waals surface area contributed by atoms with Crippen LogP contribution >= 0.6 is 0 Å². The quantitative estimate of drug-likeness (QED) is 0.784. The van der Waals surface area contributed by atoms with Crippen molar-refractivity contribution in [2.75, 3.05) is 14.2 Å². The molecule has 2 nitrogen and oxygen atoms in total. The van der Waals surface area contributed by atoms with Gasteiger partial charge in [0.15, 0.2) is 0 Å². The van der Waals surface area contributed by atoms with Crippen molar-refractivity contribution >= 4 is 0 Å². The molecule has 96 valence electrons. The molecule has 0 heterocycles. The van der Waals surface area contributed by atoms with Crippen molar-refractivity contribution in [3.05, 3.63) is 35.9 Å². The largest absolute Gasteiger partial charge is 0.377 e. The molecular formula is C15H25NO. The molecule has 0 aromatic heterocycles. The summed E-state index contributed by atoms with van der Waals surface area (Å²) in [4.78, 5) is 0. The lowest BCUT2D eigenvalue weighted by Crippen LogP contribution is -2.51. The Morgan fingerprint density at radius 2 is 1.76 bits per heavy atom. The fraction of sp³-hybridized carbons (Fsp3) is 0.600. The summed E-state index contributed by atoms with van der Waals surface area (Å²) in [5.74, 6) is 0. The molecule has 0 fully saturated rings. The van der Waals surface area contributed by atoms with E-state index in [9.17, 15) is 0 Å². The van der Waals surface area contributed by atoms with E-state index in [1.54, 1.807) is 0 Å². The third-order valence-electron chi connectivity index (χ3n) is 3.87. The first-order chi connectivity index (χ1) is 8.22. The molecule has 17 heavy (non-hydrogen) atoms. The van der Waals surface area contributed by atoms with E-state index in [4.69, 9.17) is 4.74 Å². The maximum absolute atomic E-state index is 5.80. The molecule has 1 atom stereocenters. The van der Waals surface area contributed by atoms with Crippen molar-refractivity contribution in [3.8, 4) is 0 Å². The fourth-order valence-corrected chi connectivity index (χ4v) is 2.57. The molecule has 1 unspecified atom stereocenters. The number of nitrogens with one attached hydrogen (secondary N) is 1. The van der Waals surface area contributed by atoms with Gasteiger partial charge in [-0.1, -0.05) is 44.2 Å². The maximum Gasteiger partial charge on any atom is 0.0828 e. The lowest BCUT2D eigenvalue weighted by atomic mass is 9.84. The first-order valence-corrected chi connectivity index (χ1v) is 6.48. The van der Waals surface area contributed by atoms with Crippen LogP contribution in [0.5, 0.6) is 0 Å². The molecule has 1 N–H and O–H groups in total. The van der Waals surface area contributed by atoms with Crippen LogP contribution in [0.3, 0.4) is 0 Å². The topological polar surface area (TPSA) is 21.3 Å². The van der Waals surface area contributed by atoms with Gasteiger partial charge in [-0.05, 0) is 31.9 Å². The zero-order chi connectivity index (χ0) is 12.7. The Hall–Kier alpha value is -0.860. The second-order valence-corrected chi connectivity index (χ2v) is 4.51. The molecular weight excluding hydrogens is 210 g/mol. The Balaban J connectivity index is 2.83. The minimum Gasteiger partial charge on any atom is -0.377 e. The van der Waals surface area contributed by atoms with Crippen LogP contribution in [0.25, 0.3) is 0 Å². The zero-order valence-electron chi connectivity index (χ0n) is 11.5. The Morgan fingerprint density at radius 1 is 1.18 bits per heavy atom. The molecule has 0 aliphatic rings. The van der Waals surface area contributed by atoms with Gasteiger partial charge >= 0.3 is 0 Å². The molecule has 0 amide bonds. The van der Waals surface area contributed by atoms with E-state index in [0.29, 0.717) is 6.04 Å². The van der Waals surface area contributed by atoms with Crippen molar-refractivity contribution in [1.29, 1.82) is 0 Å². The predicted molar refractivity (Wildman–Crippen MR) is 73.3 cm³/mol. The van der Waals surface area contributed by atoms with Crippen LogP contribution in [-0.4, -0.2) is 25.8 Å². The molecule has 0 radical (unpaired) electrons. The van der Waals surface area contributed by atoms with Crippen LogP contribution < -0.4 is 5.32 Å². The van der Waals surface area contributed by atoms with Crippen LogP contribution in [0.2, 0.25) is 0 Å². The van der Waals surface area contributed by atoms with E-state index >= 15 is 0 Å². The molecule has 0 saturated heterocycles. The van der Waals surface area contributed by atoms with Gasteiger partial charge in [0.2, 0.25) is 0 Å². The summed E-state index contributed by atoms with van der Waals surface area (Å²) in [5.41, 5.74) is 1.29. The van der Waals surface area contributed by atoms with Crippen LogP contribution in [0.4, 0.5) is 0 Å². The van der Waals surface area contributed by atoms with Crippen molar-refractivity contribution < 1.29 is 4.74 Å². The maximum atomic E-state index is 5.80. The molecule has 0 spiro atoms. The minimum atomic E-state index is -0.0649. The van der Waals surface area contributed by atoms with Gasteiger partial charge in [-0.15, -0.1) is 0 Å². The number of likely N-dealkylation sites (N-methyl/N-ethyl adjacent to an activating group) is 1. The highest BCUT2D eigenvalue weighted by molar-refractivity contribution is 5.17. The normalized spacial score (nSPS) is 13.6. The van der Waals surface area contributed by atoms with Gasteiger partial charge in [0.1, 0.15) is 0 Å². The van der Waals surface area contributed by atoms with Gasteiger partial charge in [0.25, 0.3) is 0 Å². The highest BCUT2D eigenvalue weighted by Crippen LogP contribution is 2.26. The molecule has 0 bridgehead atoms. The summed E-state index contributed by atoms with van der Waals surface area (Å²) < 4.78 is 5.80. The molecule has 1 aromatic rings. The van der Waals surface area contributed by atoms with Gasteiger partial charge in [0, 0.05) is 13.2 Å². The van der Waals surface area contributed by atoms with Gasteiger partial charge < -0.3 is 10.1 Å². The smallest absolute Gasteiger partial charge is 0.0828 e. The van der Waals surface area contributed by atoms with Gasteiger partial charge in [-0.2, -0.15) is 0 Å². The van der Waals surface area contributed by atoms with Crippen LogP contribution in [0.15, 0.2) is 30.3 Å². The lowest BCUT2D eigenvalue weighted by Gasteiger charge is -2.38. The first kappa shape index (κ1) is 14.2. The minimum absolute atomic E-state index is 0.0649. The average Bonchev–Trinajstić information content (AvgIpc) is 2.41. The average molecular weight is 235 g/mol. The fourth-order valence-electron chi connectivity index (χ4n) is 2.57. The van der Waals surface area contributed by atoms with E-state index in [0.717, 1.165) is 19.3 Å². The lowest BCUT2D eigenvalue weighted by molar-refractivity contribution is -0.0454. The van der Waals surface area contributed by atoms with E-state index in [1.165, 1.54) is 5.56 Å². The second kappa shape index (κ2) is 6.77. The summed E-state index contributed by atoms with van der Waals surface area (Å²) in [6.45, 7) is 4.39. The molecule has 1 aromatic carbocycles. The monoisotopic (exact) mass is 235 g/mol. The highest BCUT2D eigenvalue weighted by Gasteiger charge is 2.34. The molecule has 0 aliphatic carbocycles. The van der Waals surface area contributed by atoms with E-state index in [-0.39, 0.29) is 5.60 Å². The Kier molecular flexibility index (Phi) is 5.66. The van der Waals surface area contributed by atoms with E-state index in [2.05, 4.69) is 49.5 Å². The first-order valence-electron chi connectivity index (χ1n) is 6.48. The molecule has 1 rings (SSSR count). The van der Waals surface area contributed by atoms with Gasteiger partial charge in [-0.3, -0.25) is 0 Å². The van der Waals surface area contributed by atoms with Crippen LogP contribution in [-0.2, 0) is 11.2 Å². The number of rotatable bonds is 7. The number of benzene rings is 1. The van der Waals surface area contributed by atoms with Crippen LogP contribution in [0, 0.1) is 0 Å². The predicted octanol–water partition coefficient (Wildman–Crippen LogP) is 3.02. The number of hydrogen-bond acceptors (Lipinski definition) is 2. The number of ether oxygens (including phenoxy) is 1. The summed E-state index contributed by atoms with van der Waals surface area (Å²) in [5, 5.41) is 3.42. The van der Waals surface area contributed by atoms with Crippen molar-refractivity contribution in [3.63, 3.8) is 0 Å². The number of hydrogen-bond donors (Lipinski definition) is 1. The SMILES string of the molecule is CCC(CC)(OC)C(Cc1ccccc1)NC. The van der Waals surface area contributed by atoms with Crippen molar-refractivity contribution in [2.45, 2.75) is 44.8 Å². The van der Waals surface area contributed by atoms with Crippen molar-refractivity contribution in [2.24, 2.45) is 0 Å². The third-order valence-corrected chi connectivity index (χ3v) is 3.87. The Labute approximate surface area is 105 Å². The second-order valence-electron chi connectivity index (χ2n) is 4.51. The van der Waals surface area contributed by atoms with Gasteiger partial charge in [-0.25, -0.2) is 0 Å². The summed E-state index contributed by atoms with van der Waals surface area (Å²) in [6, 6.07) is 10.9. The Bertz CT molecular complexity index is 298. The summed E-state index contributed by atoms with van der Waals surface area (Å²) in [7, 11) is 3.84. The standard InChI is InChI=1S/C15H25NO/c1-5-15(6-2,17-4)14(16-3)12-13-10-8-7-9-11-13/h7-11,14,16H,5-6,12H2,1-4H3. The highest BCUT2D eigenvalue weighted by atomic mass is 16.5. The number of methoxy groups -OCH3 is 1. The van der Waals surface area contributed by atoms with Crippen molar-refractivity contribution in [1.82, 2.24) is 5.32 Å². The Morgan fingerprint density at radius 3 is 2.18 bits per heavy atom. The molecule has 0 aliphatic heterocycles. The summed E-state index contributed by atoms with van der Waals surface area (Å²) in [6.07, 6.45) is 3.06. The van der Waals surface area contributed by atoms with Crippen LogP contribution in [0.1, 0.15) is 32.3 Å². The molecule has 2 heteroatoms.